The SMILES string of the molecule is Cc1ccc(CCC(=O)NCCOC(=O)CSc2ccc(Cl)cc2)cc1. The number of hydrogen-bond acceptors (Lipinski definition) is 4. The Morgan fingerprint density at radius 3 is 2.46 bits per heavy atom. The maximum atomic E-state index is 11.8. The predicted molar refractivity (Wildman–Crippen MR) is 106 cm³/mol. The molecule has 0 bridgehead atoms. The van der Waals surface area contributed by atoms with Crippen LogP contribution in [0, 0.1) is 6.92 Å². The van der Waals surface area contributed by atoms with Gasteiger partial charge in [-0.1, -0.05) is 41.4 Å². The van der Waals surface area contributed by atoms with Gasteiger partial charge in [0.15, 0.2) is 0 Å². The van der Waals surface area contributed by atoms with Gasteiger partial charge in [-0.2, -0.15) is 0 Å². The highest BCUT2D eigenvalue weighted by atomic mass is 35.5. The molecule has 6 heteroatoms. The number of carbonyl (C=O) groups excluding carboxylic acids is 2. The Balaban J connectivity index is 1.54. The normalized spacial score (nSPS) is 10.4. The van der Waals surface area contributed by atoms with Crippen LogP contribution in [0.4, 0.5) is 0 Å². The van der Waals surface area contributed by atoms with Gasteiger partial charge in [0.2, 0.25) is 5.91 Å². The van der Waals surface area contributed by atoms with E-state index in [-0.39, 0.29) is 24.2 Å². The summed E-state index contributed by atoms with van der Waals surface area (Å²) in [5, 5.41) is 3.42. The van der Waals surface area contributed by atoms with E-state index in [1.807, 2.05) is 43.3 Å². The minimum absolute atomic E-state index is 0.0443. The first-order chi connectivity index (χ1) is 12.5. The van der Waals surface area contributed by atoms with Gasteiger partial charge in [-0.3, -0.25) is 9.59 Å². The quantitative estimate of drug-likeness (QED) is 0.398. The van der Waals surface area contributed by atoms with Crippen LogP contribution in [0.1, 0.15) is 17.5 Å². The molecular weight excluding hydrogens is 370 g/mol. The highest BCUT2D eigenvalue weighted by Gasteiger charge is 2.06. The van der Waals surface area contributed by atoms with Crippen molar-refractivity contribution in [3.05, 3.63) is 64.7 Å². The van der Waals surface area contributed by atoms with Crippen LogP contribution >= 0.6 is 23.4 Å². The molecule has 138 valence electrons. The van der Waals surface area contributed by atoms with Crippen molar-refractivity contribution in [2.24, 2.45) is 0 Å². The van der Waals surface area contributed by atoms with Crippen LogP contribution in [0.3, 0.4) is 0 Å². The molecule has 0 unspecified atom stereocenters. The summed E-state index contributed by atoms with van der Waals surface area (Å²) in [4.78, 5) is 24.4. The number of nitrogens with one attached hydrogen (secondary N) is 1. The average molecular weight is 392 g/mol. The third-order valence-corrected chi connectivity index (χ3v) is 4.86. The number of benzene rings is 2. The zero-order chi connectivity index (χ0) is 18.8. The molecule has 0 aliphatic heterocycles. The van der Waals surface area contributed by atoms with Gasteiger partial charge >= 0.3 is 5.97 Å². The van der Waals surface area contributed by atoms with Crippen molar-refractivity contribution in [1.82, 2.24) is 5.32 Å². The molecule has 0 saturated carbocycles. The lowest BCUT2D eigenvalue weighted by atomic mass is 10.1. The number of halogens is 1. The molecule has 26 heavy (non-hydrogen) atoms. The van der Waals surface area contributed by atoms with E-state index in [1.54, 1.807) is 12.1 Å². The highest BCUT2D eigenvalue weighted by Crippen LogP contribution is 2.20. The molecule has 1 amide bonds. The van der Waals surface area contributed by atoms with E-state index < -0.39 is 0 Å². The van der Waals surface area contributed by atoms with Gasteiger partial charge in [0, 0.05) is 16.3 Å². The van der Waals surface area contributed by atoms with Crippen LogP contribution in [0.2, 0.25) is 5.02 Å². The summed E-state index contributed by atoms with van der Waals surface area (Å²) in [5.41, 5.74) is 2.34. The lowest BCUT2D eigenvalue weighted by Crippen LogP contribution is -2.28. The van der Waals surface area contributed by atoms with E-state index in [0.717, 1.165) is 10.5 Å². The van der Waals surface area contributed by atoms with Gasteiger partial charge in [0.25, 0.3) is 0 Å². The molecule has 0 heterocycles. The molecular formula is C20H22ClNO3S. The van der Waals surface area contributed by atoms with Crippen LogP contribution in [0.15, 0.2) is 53.4 Å². The van der Waals surface area contributed by atoms with Crippen LogP contribution in [-0.2, 0) is 20.7 Å². The van der Waals surface area contributed by atoms with Gasteiger partial charge in [-0.25, -0.2) is 0 Å². The van der Waals surface area contributed by atoms with E-state index >= 15 is 0 Å². The molecule has 0 aromatic heterocycles. The largest absolute Gasteiger partial charge is 0.463 e. The second-order valence-corrected chi connectivity index (χ2v) is 7.28. The fourth-order valence-corrected chi connectivity index (χ4v) is 2.99. The van der Waals surface area contributed by atoms with Gasteiger partial charge in [-0.15, -0.1) is 11.8 Å². The minimum Gasteiger partial charge on any atom is -0.463 e. The van der Waals surface area contributed by atoms with Crippen molar-refractivity contribution in [2.75, 3.05) is 18.9 Å². The molecule has 0 aliphatic carbocycles. The Morgan fingerprint density at radius 2 is 1.77 bits per heavy atom. The van der Waals surface area contributed by atoms with E-state index in [0.29, 0.717) is 24.4 Å². The standard InChI is InChI=1S/C20H22ClNO3S/c1-15-2-4-16(5-3-15)6-11-19(23)22-12-13-25-20(24)14-26-18-9-7-17(21)8-10-18/h2-5,7-10H,6,11-14H2,1H3,(H,22,23). The van der Waals surface area contributed by atoms with E-state index in [1.165, 1.54) is 17.3 Å². The van der Waals surface area contributed by atoms with E-state index in [4.69, 9.17) is 16.3 Å². The van der Waals surface area contributed by atoms with Crippen molar-refractivity contribution in [2.45, 2.75) is 24.7 Å². The van der Waals surface area contributed by atoms with Gasteiger partial charge < -0.3 is 10.1 Å². The van der Waals surface area contributed by atoms with Crippen molar-refractivity contribution >= 4 is 35.2 Å². The molecule has 2 aromatic carbocycles. The van der Waals surface area contributed by atoms with E-state index in [9.17, 15) is 9.59 Å². The first-order valence-electron chi connectivity index (χ1n) is 8.39. The fraction of sp³-hybridized carbons (Fsp3) is 0.300. The van der Waals surface area contributed by atoms with Crippen LogP contribution in [0.5, 0.6) is 0 Å². The Bertz CT molecular complexity index is 653. The number of aryl methyl sites for hydroxylation is 2. The number of carbonyl (C=O) groups is 2. The second kappa shape index (κ2) is 10.9. The van der Waals surface area contributed by atoms with Gasteiger partial charge in [0.05, 0.1) is 12.3 Å². The first-order valence-corrected chi connectivity index (χ1v) is 9.75. The zero-order valence-corrected chi connectivity index (χ0v) is 16.2. The summed E-state index contributed by atoms with van der Waals surface area (Å²) < 4.78 is 5.11. The van der Waals surface area contributed by atoms with Gasteiger partial charge in [-0.05, 0) is 43.2 Å². The molecule has 0 aliphatic rings. The van der Waals surface area contributed by atoms with E-state index in [2.05, 4.69) is 5.32 Å². The maximum Gasteiger partial charge on any atom is 0.316 e. The lowest BCUT2D eigenvalue weighted by Gasteiger charge is -2.07. The second-order valence-electron chi connectivity index (χ2n) is 5.80. The van der Waals surface area contributed by atoms with Crippen LogP contribution in [-0.4, -0.2) is 30.8 Å². The van der Waals surface area contributed by atoms with Crippen LogP contribution < -0.4 is 5.32 Å². The summed E-state index contributed by atoms with van der Waals surface area (Å²) in [6.45, 7) is 2.53. The first kappa shape index (κ1) is 20.3. The molecule has 0 radical (unpaired) electrons. The summed E-state index contributed by atoms with van der Waals surface area (Å²) in [7, 11) is 0. The molecule has 2 aromatic rings. The number of hydrogen-bond donors (Lipinski definition) is 1. The van der Waals surface area contributed by atoms with Crippen molar-refractivity contribution in [3.8, 4) is 0 Å². The van der Waals surface area contributed by atoms with Crippen molar-refractivity contribution in [1.29, 1.82) is 0 Å². The summed E-state index contributed by atoms with van der Waals surface area (Å²) >= 11 is 7.20. The topological polar surface area (TPSA) is 55.4 Å². The molecule has 0 saturated heterocycles. The molecule has 0 spiro atoms. The number of thioether (sulfide) groups is 1. The Labute approximate surface area is 163 Å². The summed E-state index contributed by atoms with van der Waals surface area (Å²) in [5.74, 6) is -0.126. The molecule has 4 nitrogen and oxygen atoms in total. The minimum atomic E-state index is -0.307. The monoisotopic (exact) mass is 391 g/mol. The number of esters is 1. The molecule has 1 N–H and O–H groups in total. The molecule has 0 atom stereocenters. The Morgan fingerprint density at radius 1 is 1.08 bits per heavy atom. The molecule has 2 rings (SSSR count). The smallest absolute Gasteiger partial charge is 0.316 e. The van der Waals surface area contributed by atoms with Crippen molar-refractivity contribution in [3.63, 3.8) is 0 Å². The number of ether oxygens (including phenoxy) is 1. The number of amides is 1. The number of rotatable bonds is 9. The highest BCUT2D eigenvalue weighted by molar-refractivity contribution is 8.00. The fourth-order valence-electron chi connectivity index (χ4n) is 2.17. The van der Waals surface area contributed by atoms with Gasteiger partial charge in [0.1, 0.15) is 6.61 Å². The maximum absolute atomic E-state index is 11.8. The zero-order valence-electron chi connectivity index (χ0n) is 14.7. The van der Waals surface area contributed by atoms with Crippen molar-refractivity contribution < 1.29 is 14.3 Å². The summed E-state index contributed by atoms with van der Waals surface area (Å²) in [6, 6.07) is 15.4. The molecule has 0 fully saturated rings. The predicted octanol–water partition coefficient (Wildman–Crippen LogP) is 4.03. The lowest BCUT2D eigenvalue weighted by molar-refractivity contribution is -0.140. The third-order valence-electron chi connectivity index (χ3n) is 3.62. The third kappa shape index (κ3) is 7.93. The Hall–Kier alpha value is -1.98. The summed E-state index contributed by atoms with van der Waals surface area (Å²) in [6.07, 6.45) is 1.12. The average Bonchev–Trinajstić information content (AvgIpc) is 2.64. The van der Waals surface area contributed by atoms with Crippen LogP contribution in [0.25, 0.3) is 0 Å². The Kier molecular flexibility index (Phi) is 8.51.